The minimum absolute atomic E-state index is 0.369. The van der Waals surface area contributed by atoms with E-state index in [0.717, 1.165) is 25.7 Å². The van der Waals surface area contributed by atoms with Crippen LogP contribution in [0.5, 0.6) is 0 Å². The lowest BCUT2D eigenvalue weighted by atomic mass is 9.68. The zero-order valence-electron chi connectivity index (χ0n) is 14.2. The van der Waals surface area contributed by atoms with Gasteiger partial charge in [0.1, 0.15) is 0 Å². The Labute approximate surface area is 129 Å². The summed E-state index contributed by atoms with van der Waals surface area (Å²) in [4.78, 5) is 0. The van der Waals surface area contributed by atoms with Gasteiger partial charge >= 0.3 is 0 Å². The number of aryl methyl sites for hydroxylation is 2. The Hall–Kier alpha value is -0.860. The van der Waals surface area contributed by atoms with Gasteiger partial charge in [-0.15, -0.1) is 0 Å². The molecule has 0 aliphatic heterocycles. The molecule has 118 valence electrons. The van der Waals surface area contributed by atoms with E-state index in [1.807, 2.05) is 0 Å². The first-order chi connectivity index (χ1) is 9.78. The van der Waals surface area contributed by atoms with Gasteiger partial charge in [-0.1, -0.05) is 37.6 Å². The maximum atomic E-state index is 10.8. The highest BCUT2D eigenvalue weighted by molar-refractivity contribution is 5.31. The molecule has 0 heterocycles. The second-order valence-corrected chi connectivity index (χ2v) is 7.58. The second kappa shape index (κ2) is 6.10. The van der Waals surface area contributed by atoms with Crippen LogP contribution in [0, 0.1) is 19.3 Å². The fourth-order valence-electron chi connectivity index (χ4n) is 3.44. The van der Waals surface area contributed by atoms with Gasteiger partial charge in [0.05, 0.1) is 11.7 Å². The van der Waals surface area contributed by atoms with Crippen LogP contribution in [0.4, 0.5) is 0 Å². The Bertz CT molecular complexity index is 480. The summed E-state index contributed by atoms with van der Waals surface area (Å²) < 4.78 is 5.83. The fourth-order valence-corrected chi connectivity index (χ4v) is 3.44. The van der Waals surface area contributed by atoms with Crippen LogP contribution in [0.2, 0.25) is 0 Å². The van der Waals surface area contributed by atoms with Gasteiger partial charge in [-0.2, -0.15) is 0 Å². The molecule has 1 aliphatic carbocycles. The van der Waals surface area contributed by atoms with E-state index >= 15 is 0 Å². The van der Waals surface area contributed by atoms with Gasteiger partial charge in [0.2, 0.25) is 0 Å². The molecule has 1 aromatic carbocycles. The van der Waals surface area contributed by atoms with Crippen molar-refractivity contribution in [3.8, 4) is 0 Å². The van der Waals surface area contributed by atoms with Crippen LogP contribution in [0.3, 0.4) is 0 Å². The van der Waals surface area contributed by atoms with Crippen LogP contribution in [-0.4, -0.2) is 23.9 Å². The highest BCUT2D eigenvalue weighted by Gasteiger charge is 2.43. The zero-order chi connectivity index (χ0) is 15.7. The molecular weight excluding hydrogens is 260 g/mol. The number of rotatable bonds is 4. The van der Waals surface area contributed by atoms with Gasteiger partial charge < -0.3 is 9.84 Å². The highest BCUT2D eigenvalue weighted by atomic mass is 16.5. The summed E-state index contributed by atoms with van der Waals surface area (Å²) in [6.45, 7) is 8.84. The van der Waals surface area contributed by atoms with Gasteiger partial charge in [0.25, 0.3) is 0 Å². The van der Waals surface area contributed by atoms with Crippen molar-refractivity contribution in [1.29, 1.82) is 0 Å². The summed E-state index contributed by atoms with van der Waals surface area (Å²) in [5.74, 6) is 0. The Balaban J connectivity index is 2.14. The fraction of sp³-hybridized carbons (Fsp3) is 0.684. The summed E-state index contributed by atoms with van der Waals surface area (Å²) in [5.41, 5.74) is 3.75. The number of aliphatic hydroxyl groups excluding tert-OH is 1. The summed E-state index contributed by atoms with van der Waals surface area (Å²) in [7, 11) is 1.75. The largest absolute Gasteiger partial charge is 0.390 e. The standard InChI is InChI=1S/C19H30O2/c1-14-6-7-15(2)16(12-14)13-17(20)19(21-5)10-8-18(3,4)9-11-19/h6-7,12,17,20H,8-11,13H2,1-5H3. The molecule has 2 heteroatoms. The molecule has 1 saturated carbocycles. The zero-order valence-corrected chi connectivity index (χ0v) is 14.2. The Morgan fingerprint density at radius 2 is 1.76 bits per heavy atom. The third kappa shape index (κ3) is 3.67. The predicted molar refractivity (Wildman–Crippen MR) is 87.6 cm³/mol. The molecular formula is C19H30O2. The van der Waals surface area contributed by atoms with E-state index < -0.39 is 6.10 Å². The Morgan fingerprint density at radius 1 is 1.14 bits per heavy atom. The van der Waals surface area contributed by atoms with Crippen molar-refractivity contribution < 1.29 is 9.84 Å². The average molecular weight is 290 g/mol. The maximum Gasteiger partial charge on any atom is 0.0940 e. The topological polar surface area (TPSA) is 29.5 Å². The summed E-state index contributed by atoms with van der Waals surface area (Å²) in [6, 6.07) is 6.45. The number of benzene rings is 1. The van der Waals surface area contributed by atoms with Crippen molar-refractivity contribution in [2.24, 2.45) is 5.41 Å². The van der Waals surface area contributed by atoms with E-state index in [9.17, 15) is 5.11 Å². The minimum atomic E-state index is -0.431. The molecule has 2 nitrogen and oxygen atoms in total. The number of ether oxygens (including phenoxy) is 1. The number of hydrogen-bond acceptors (Lipinski definition) is 2. The van der Waals surface area contributed by atoms with Crippen LogP contribution in [0.1, 0.15) is 56.2 Å². The molecule has 0 aromatic heterocycles. The molecule has 1 N–H and O–H groups in total. The van der Waals surface area contributed by atoms with E-state index in [0.29, 0.717) is 11.8 Å². The van der Waals surface area contributed by atoms with Crippen molar-refractivity contribution in [3.63, 3.8) is 0 Å². The van der Waals surface area contributed by atoms with Crippen LogP contribution in [0.25, 0.3) is 0 Å². The molecule has 2 rings (SSSR count). The molecule has 1 unspecified atom stereocenters. The van der Waals surface area contributed by atoms with Crippen LogP contribution in [0.15, 0.2) is 18.2 Å². The smallest absolute Gasteiger partial charge is 0.0940 e. The molecule has 0 amide bonds. The summed E-state index contributed by atoms with van der Waals surface area (Å²) in [6.07, 6.45) is 4.38. The van der Waals surface area contributed by atoms with E-state index in [1.54, 1.807) is 7.11 Å². The third-order valence-corrected chi connectivity index (χ3v) is 5.38. The van der Waals surface area contributed by atoms with Gasteiger partial charge in [-0.3, -0.25) is 0 Å². The normalized spacial score (nSPS) is 22.0. The maximum absolute atomic E-state index is 10.8. The second-order valence-electron chi connectivity index (χ2n) is 7.58. The third-order valence-electron chi connectivity index (χ3n) is 5.38. The lowest BCUT2D eigenvalue weighted by Gasteiger charge is -2.45. The average Bonchev–Trinajstić information content (AvgIpc) is 2.43. The number of methoxy groups -OCH3 is 1. The molecule has 1 aromatic rings. The number of aliphatic hydroxyl groups is 1. The quantitative estimate of drug-likeness (QED) is 0.901. The predicted octanol–water partition coefficient (Wildman–Crippen LogP) is 4.19. The van der Waals surface area contributed by atoms with Crippen LogP contribution in [-0.2, 0) is 11.2 Å². The number of hydrogen-bond donors (Lipinski definition) is 1. The van der Waals surface area contributed by atoms with Crippen molar-refractivity contribution in [2.75, 3.05) is 7.11 Å². The molecule has 0 saturated heterocycles. The summed E-state index contributed by atoms with van der Waals surface area (Å²) in [5, 5.41) is 10.8. The molecule has 0 spiro atoms. The minimum Gasteiger partial charge on any atom is -0.390 e. The SMILES string of the molecule is COC1(C(O)Cc2cc(C)ccc2C)CCC(C)(C)CC1. The lowest BCUT2D eigenvalue weighted by molar-refractivity contribution is -0.135. The lowest BCUT2D eigenvalue weighted by Crippen LogP contribution is -2.49. The van der Waals surface area contributed by atoms with Crippen molar-refractivity contribution in [1.82, 2.24) is 0 Å². The van der Waals surface area contributed by atoms with E-state index in [2.05, 4.69) is 45.9 Å². The van der Waals surface area contributed by atoms with Crippen molar-refractivity contribution in [3.05, 3.63) is 34.9 Å². The molecule has 0 radical (unpaired) electrons. The van der Waals surface area contributed by atoms with Crippen molar-refractivity contribution >= 4 is 0 Å². The highest BCUT2D eigenvalue weighted by Crippen LogP contribution is 2.44. The monoisotopic (exact) mass is 290 g/mol. The molecule has 1 fully saturated rings. The molecule has 1 aliphatic rings. The van der Waals surface area contributed by atoms with Gasteiger partial charge in [-0.05, 0) is 56.1 Å². The van der Waals surface area contributed by atoms with Crippen molar-refractivity contribution in [2.45, 2.75) is 71.5 Å². The van der Waals surface area contributed by atoms with E-state index in [4.69, 9.17) is 4.74 Å². The van der Waals surface area contributed by atoms with E-state index in [1.165, 1.54) is 16.7 Å². The van der Waals surface area contributed by atoms with Gasteiger partial charge in [0.15, 0.2) is 0 Å². The Kier molecular flexibility index (Phi) is 4.79. The first-order valence-electron chi connectivity index (χ1n) is 8.07. The first kappa shape index (κ1) is 16.5. The molecule has 1 atom stereocenters. The Morgan fingerprint density at radius 3 is 2.33 bits per heavy atom. The molecule has 21 heavy (non-hydrogen) atoms. The van der Waals surface area contributed by atoms with Gasteiger partial charge in [0, 0.05) is 13.5 Å². The van der Waals surface area contributed by atoms with Crippen LogP contribution < -0.4 is 0 Å². The first-order valence-corrected chi connectivity index (χ1v) is 8.07. The molecule has 0 bridgehead atoms. The van der Waals surface area contributed by atoms with E-state index in [-0.39, 0.29) is 5.60 Å². The van der Waals surface area contributed by atoms with Gasteiger partial charge in [-0.25, -0.2) is 0 Å². The van der Waals surface area contributed by atoms with Crippen LogP contribution >= 0.6 is 0 Å². The summed E-state index contributed by atoms with van der Waals surface area (Å²) >= 11 is 0.